The number of fused-ring (bicyclic) bond motifs is 1. The number of hydrogen-bond donors (Lipinski definition) is 1. The molecule has 17 heavy (non-hydrogen) atoms. The highest BCUT2D eigenvalue weighted by Crippen LogP contribution is 2.16. The zero-order chi connectivity index (χ0) is 12.6. The number of aryl methyl sites for hydroxylation is 1. The quantitative estimate of drug-likeness (QED) is 0.815. The van der Waals surface area contributed by atoms with Crippen molar-refractivity contribution in [2.24, 2.45) is 0 Å². The predicted molar refractivity (Wildman–Crippen MR) is 65.4 cm³/mol. The summed E-state index contributed by atoms with van der Waals surface area (Å²) in [7, 11) is 3.41. The first-order chi connectivity index (χ1) is 7.99. The second-order valence-corrected chi connectivity index (χ2v) is 4.14. The van der Waals surface area contributed by atoms with Crippen LogP contribution in [-0.2, 0) is 11.3 Å². The Balaban J connectivity index is 2.48. The van der Waals surface area contributed by atoms with Crippen LogP contribution in [0.5, 0.6) is 0 Å². The van der Waals surface area contributed by atoms with Crippen LogP contribution in [0.2, 0.25) is 0 Å². The minimum absolute atomic E-state index is 0.0423. The monoisotopic (exact) mass is 233 g/mol. The summed E-state index contributed by atoms with van der Waals surface area (Å²) in [5, 5.41) is 0. The zero-order valence-electron chi connectivity index (χ0n) is 10.1. The first-order valence-corrected chi connectivity index (χ1v) is 5.28. The average molecular weight is 233 g/mol. The molecule has 2 N–H and O–H groups in total. The van der Waals surface area contributed by atoms with Crippen LogP contribution in [0.4, 0.5) is 5.95 Å². The molecule has 0 radical (unpaired) electrons. The summed E-state index contributed by atoms with van der Waals surface area (Å²) in [4.78, 5) is 21.7. The van der Waals surface area contributed by atoms with Crippen molar-refractivity contribution in [1.82, 2.24) is 19.4 Å². The highest BCUT2D eigenvalue weighted by Gasteiger charge is 2.13. The first-order valence-electron chi connectivity index (χ1n) is 5.28. The van der Waals surface area contributed by atoms with E-state index in [1.807, 2.05) is 19.1 Å². The maximum absolute atomic E-state index is 11.7. The van der Waals surface area contributed by atoms with Gasteiger partial charge in [-0.1, -0.05) is 0 Å². The number of carbonyl (C=O) groups is 1. The van der Waals surface area contributed by atoms with Gasteiger partial charge in [-0.3, -0.25) is 9.36 Å². The molecule has 0 saturated heterocycles. The molecule has 0 spiro atoms. The maximum atomic E-state index is 11.7. The van der Waals surface area contributed by atoms with Gasteiger partial charge in [-0.2, -0.15) is 0 Å². The summed E-state index contributed by atoms with van der Waals surface area (Å²) in [5.41, 5.74) is 8.02. The summed E-state index contributed by atoms with van der Waals surface area (Å²) in [6, 6.07) is 3.72. The lowest BCUT2D eigenvalue weighted by molar-refractivity contribution is -0.129. The number of rotatable bonds is 2. The molecule has 6 heteroatoms. The van der Waals surface area contributed by atoms with E-state index in [0.717, 1.165) is 5.69 Å². The Bertz CT molecular complexity index is 572. The lowest BCUT2D eigenvalue weighted by Crippen LogP contribution is -2.26. The number of nitrogen functional groups attached to an aromatic ring is 1. The van der Waals surface area contributed by atoms with E-state index < -0.39 is 0 Å². The topological polar surface area (TPSA) is 77.0 Å². The fraction of sp³-hybridized carbons (Fsp3) is 0.364. The second-order valence-electron chi connectivity index (χ2n) is 4.14. The van der Waals surface area contributed by atoms with E-state index in [4.69, 9.17) is 5.73 Å². The summed E-state index contributed by atoms with van der Waals surface area (Å²) < 4.78 is 1.63. The molecule has 2 rings (SSSR count). The van der Waals surface area contributed by atoms with Crippen molar-refractivity contribution < 1.29 is 4.79 Å². The molecule has 2 aromatic rings. The van der Waals surface area contributed by atoms with Gasteiger partial charge in [0.1, 0.15) is 12.1 Å². The minimum atomic E-state index is -0.0423. The van der Waals surface area contributed by atoms with Gasteiger partial charge in [0, 0.05) is 19.8 Å². The van der Waals surface area contributed by atoms with E-state index in [1.165, 1.54) is 4.90 Å². The Morgan fingerprint density at radius 3 is 2.76 bits per heavy atom. The van der Waals surface area contributed by atoms with Gasteiger partial charge in [0.15, 0.2) is 5.65 Å². The van der Waals surface area contributed by atoms with Crippen LogP contribution < -0.4 is 5.73 Å². The van der Waals surface area contributed by atoms with E-state index >= 15 is 0 Å². The van der Waals surface area contributed by atoms with Crippen LogP contribution in [0.3, 0.4) is 0 Å². The smallest absolute Gasteiger partial charge is 0.242 e. The van der Waals surface area contributed by atoms with Gasteiger partial charge < -0.3 is 10.6 Å². The summed E-state index contributed by atoms with van der Waals surface area (Å²) in [5.74, 6) is 0.271. The number of hydrogen-bond acceptors (Lipinski definition) is 4. The number of anilines is 1. The van der Waals surface area contributed by atoms with E-state index in [-0.39, 0.29) is 12.5 Å². The number of carbonyl (C=O) groups excluding carboxylic acids is 1. The SMILES string of the molecule is Cc1ccc2nc(N)n(CC(=O)N(C)C)c2n1. The third kappa shape index (κ3) is 2.06. The fourth-order valence-electron chi connectivity index (χ4n) is 1.55. The number of nitrogens with zero attached hydrogens (tertiary/aromatic N) is 4. The standard InChI is InChI=1S/C11H15N5O/c1-7-4-5-8-10(13-7)16(11(12)14-8)6-9(17)15(2)3/h4-5H,6H2,1-3H3,(H2,12,14). The summed E-state index contributed by atoms with van der Waals surface area (Å²) in [6.45, 7) is 2.05. The van der Waals surface area contributed by atoms with Crippen molar-refractivity contribution in [2.75, 3.05) is 19.8 Å². The van der Waals surface area contributed by atoms with Crippen LogP contribution in [-0.4, -0.2) is 39.4 Å². The second kappa shape index (κ2) is 4.04. The lowest BCUT2D eigenvalue weighted by atomic mass is 10.3. The molecule has 6 nitrogen and oxygen atoms in total. The zero-order valence-corrected chi connectivity index (χ0v) is 10.1. The van der Waals surface area contributed by atoms with Gasteiger partial charge in [0.2, 0.25) is 11.9 Å². The van der Waals surface area contributed by atoms with E-state index in [1.54, 1.807) is 18.7 Å². The average Bonchev–Trinajstić information content (AvgIpc) is 2.55. The van der Waals surface area contributed by atoms with Crippen molar-refractivity contribution in [3.05, 3.63) is 17.8 Å². The molecule has 2 heterocycles. The fourth-order valence-corrected chi connectivity index (χ4v) is 1.55. The molecule has 90 valence electrons. The van der Waals surface area contributed by atoms with Gasteiger partial charge >= 0.3 is 0 Å². The van der Waals surface area contributed by atoms with Gasteiger partial charge in [-0.15, -0.1) is 0 Å². The molecule has 0 fully saturated rings. The third-order valence-corrected chi connectivity index (χ3v) is 2.55. The predicted octanol–water partition coefficient (Wildman–Crippen LogP) is 0.410. The number of amides is 1. The van der Waals surface area contributed by atoms with E-state index in [2.05, 4.69) is 9.97 Å². The number of nitrogens with two attached hydrogens (primary N) is 1. The van der Waals surface area contributed by atoms with Crippen molar-refractivity contribution in [1.29, 1.82) is 0 Å². The maximum Gasteiger partial charge on any atom is 0.242 e. The number of pyridine rings is 1. The van der Waals surface area contributed by atoms with Crippen LogP contribution in [0.25, 0.3) is 11.2 Å². The van der Waals surface area contributed by atoms with Crippen LogP contribution in [0.15, 0.2) is 12.1 Å². The molecule has 0 aliphatic carbocycles. The van der Waals surface area contributed by atoms with Crippen LogP contribution in [0.1, 0.15) is 5.69 Å². The van der Waals surface area contributed by atoms with Gasteiger partial charge in [0.05, 0.1) is 0 Å². The lowest BCUT2D eigenvalue weighted by Gasteiger charge is -2.11. The minimum Gasteiger partial charge on any atom is -0.369 e. The highest BCUT2D eigenvalue weighted by atomic mass is 16.2. The molecule has 0 bridgehead atoms. The molecule has 0 saturated carbocycles. The Morgan fingerprint density at radius 2 is 2.12 bits per heavy atom. The molecular formula is C11H15N5O. The number of likely N-dealkylation sites (N-methyl/N-ethyl adjacent to an activating group) is 1. The summed E-state index contributed by atoms with van der Waals surface area (Å²) >= 11 is 0. The first kappa shape index (κ1) is 11.4. The number of imidazole rings is 1. The van der Waals surface area contributed by atoms with Gasteiger partial charge in [-0.05, 0) is 19.1 Å². The number of aromatic nitrogens is 3. The highest BCUT2D eigenvalue weighted by molar-refractivity contribution is 5.80. The van der Waals surface area contributed by atoms with Crippen molar-refractivity contribution in [3.63, 3.8) is 0 Å². The van der Waals surface area contributed by atoms with E-state index in [9.17, 15) is 4.79 Å². The normalized spacial score (nSPS) is 10.8. The molecule has 0 unspecified atom stereocenters. The third-order valence-electron chi connectivity index (χ3n) is 2.55. The summed E-state index contributed by atoms with van der Waals surface area (Å²) in [6.07, 6.45) is 0. The van der Waals surface area contributed by atoms with Crippen molar-refractivity contribution in [2.45, 2.75) is 13.5 Å². The van der Waals surface area contributed by atoms with Crippen LogP contribution >= 0.6 is 0 Å². The van der Waals surface area contributed by atoms with Crippen molar-refractivity contribution in [3.8, 4) is 0 Å². The molecule has 2 aromatic heterocycles. The molecule has 1 amide bonds. The van der Waals surface area contributed by atoms with Crippen molar-refractivity contribution >= 4 is 23.0 Å². The Morgan fingerprint density at radius 1 is 1.41 bits per heavy atom. The molecule has 0 aliphatic rings. The molecule has 0 atom stereocenters. The van der Waals surface area contributed by atoms with E-state index in [0.29, 0.717) is 17.1 Å². The largest absolute Gasteiger partial charge is 0.369 e. The Hall–Kier alpha value is -2.11. The molecule has 0 aliphatic heterocycles. The molecular weight excluding hydrogens is 218 g/mol. The van der Waals surface area contributed by atoms with Gasteiger partial charge in [-0.25, -0.2) is 9.97 Å². The Kier molecular flexibility index (Phi) is 2.71. The Labute approximate surface area is 99.1 Å². The van der Waals surface area contributed by atoms with Crippen LogP contribution in [0, 0.1) is 6.92 Å². The van der Waals surface area contributed by atoms with Gasteiger partial charge in [0.25, 0.3) is 0 Å². The molecule has 0 aromatic carbocycles.